The Morgan fingerprint density at radius 1 is 1.07 bits per heavy atom. The van der Waals surface area contributed by atoms with E-state index in [1.807, 2.05) is 67.6 Å². The Morgan fingerprint density at radius 3 is 2.32 bits per heavy atom. The first-order valence-electron chi connectivity index (χ1n) is 8.93. The Kier molecular flexibility index (Phi) is 6.06. The Bertz CT molecular complexity index is 965. The largest absolute Gasteiger partial charge is 0.368 e. The van der Waals surface area contributed by atoms with Gasteiger partial charge in [-0.05, 0) is 25.0 Å². The summed E-state index contributed by atoms with van der Waals surface area (Å²) in [5, 5.41) is 4.46. The number of nitrogens with two attached hydrogens (primary N) is 1. The number of aromatic nitrogens is 2. The monoisotopic (exact) mass is 377 g/mol. The third kappa shape index (κ3) is 4.76. The summed E-state index contributed by atoms with van der Waals surface area (Å²) in [5.41, 5.74) is 12.0. The summed E-state index contributed by atoms with van der Waals surface area (Å²) in [6, 6.07) is 19.6. The van der Waals surface area contributed by atoms with Crippen LogP contribution in [-0.2, 0) is 17.9 Å². The number of hydrogen-bond acceptors (Lipinski definition) is 4. The van der Waals surface area contributed by atoms with E-state index < -0.39 is 5.97 Å². The van der Waals surface area contributed by atoms with Gasteiger partial charge in [0.15, 0.2) is 0 Å². The van der Waals surface area contributed by atoms with E-state index in [1.54, 1.807) is 11.6 Å². The molecule has 0 spiro atoms. The molecule has 0 aliphatic rings. The van der Waals surface area contributed by atoms with Crippen LogP contribution in [0.1, 0.15) is 32.9 Å². The highest BCUT2D eigenvalue weighted by Crippen LogP contribution is 2.15. The van der Waals surface area contributed by atoms with Gasteiger partial charge in [-0.15, -0.1) is 0 Å². The number of nitrogens with zero attached hydrogens (tertiary/aromatic N) is 3. The number of rotatable bonds is 5. The minimum Gasteiger partial charge on any atom is -0.368 e. The first-order chi connectivity index (χ1) is 13.5. The quantitative estimate of drug-likeness (QED) is 0.405. The van der Waals surface area contributed by atoms with E-state index in [0.29, 0.717) is 24.3 Å². The Morgan fingerprint density at radius 2 is 1.68 bits per heavy atom. The summed E-state index contributed by atoms with van der Waals surface area (Å²) in [5.74, 6) is -0.517. The van der Waals surface area contributed by atoms with Crippen LogP contribution < -0.4 is 11.2 Å². The minimum absolute atomic E-state index is 0.0317. The van der Waals surface area contributed by atoms with E-state index in [-0.39, 0.29) is 5.96 Å². The molecular weight excluding hydrogens is 354 g/mol. The second-order valence-electron chi connectivity index (χ2n) is 6.37. The highest BCUT2D eigenvalue weighted by atomic mass is 16.7. The summed E-state index contributed by atoms with van der Waals surface area (Å²) < 4.78 is 1.79. The number of benzene rings is 2. The van der Waals surface area contributed by atoms with Crippen molar-refractivity contribution in [1.82, 2.24) is 15.3 Å². The molecule has 7 heteroatoms. The molecule has 0 bridgehead atoms. The van der Waals surface area contributed by atoms with Crippen LogP contribution in [0.5, 0.6) is 0 Å². The third-order valence-electron chi connectivity index (χ3n) is 4.28. The number of carbonyl (C=O) groups is 1. The van der Waals surface area contributed by atoms with E-state index in [1.165, 1.54) is 0 Å². The van der Waals surface area contributed by atoms with Gasteiger partial charge in [0.25, 0.3) is 0 Å². The summed E-state index contributed by atoms with van der Waals surface area (Å²) in [6.07, 6.45) is 0. The normalized spacial score (nSPS) is 11.3. The van der Waals surface area contributed by atoms with Crippen LogP contribution in [0, 0.1) is 13.8 Å². The smallest absolute Gasteiger partial charge is 0.366 e. The highest BCUT2D eigenvalue weighted by Gasteiger charge is 2.20. The standard InChI is InChI=1S/C21H23N5O2/c1-15-19(16(2)26(24-15)14-18-11-7-4-8-12-18)20(27)28-25-21(22)23-13-17-9-5-3-6-10-17/h3-12H,13-14H2,1-2H3,(H3,22,23,25). The molecule has 1 heterocycles. The third-order valence-corrected chi connectivity index (χ3v) is 4.28. The zero-order valence-electron chi connectivity index (χ0n) is 15.9. The van der Waals surface area contributed by atoms with Crippen molar-refractivity contribution >= 4 is 11.9 Å². The molecule has 28 heavy (non-hydrogen) atoms. The van der Waals surface area contributed by atoms with E-state index in [0.717, 1.165) is 16.8 Å². The summed E-state index contributed by atoms with van der Waals surface area (Å²) in [6.45, 7) is 4.59. The molecule has 3 N–H and O–H groups in total. The van der Waals surface area contributed by atoms with Crippen molar-refractivity contribution in [3.05, 3.63) is 88.7 Å². The van der Waals surface area contributed by atoms with Gasteiger partial charge >= 0.3 is 5.97 Å². The molecule has 0 aliphatic carbocycles. The molecule has 0 saturated heterocycles. The van der Waals surface area contributed by atoms with Crippen LogP contribution in [0.4, 0.5) is 0 Å². The maximum Gasteiger partial charge on any atom is 0.366 e. The van der Waals surface area contributed by atoms with Gasteiger partial charge in [0.1, 0.15) is 5.56 Å². The molecule has 2 aromatic carbocycles. The molecule has 144 valence electrons. The molecule has 0 radical (unpaired) electrons. The van der Waals surface area contributed by atoms with Gasteiger partial charge in [0.05, 0.1) is 24.5 Å². The van der Waals surface area contributed by atoms with Gasteiger partial charge in [-0.1, -0.05) is 60.7 Å². The van der Waals surface area contributed by atoms with Crippen LogP contribution in [0.15, 0.2) is 65.7 Å². The van der Waals surface area contributed by atoms with Crippen molar-refractivity contribution in [3.63, 3.8) is 0 Å². The van der Waals surface area contributed by atoms with Crippen LogP contribution in [0.25, 0.3) is 0 Å². The molecule has 0 amide bonds. The van der Waals surface area contributed by atoms with Gasteiger partial charge in [0.2, 0.25) is 5.96 Å². The molecule has 3 aromatic rings. The van der Waals surface area contributed by atoms with Crippen molar-refractivity contribution < 1.29 is 9.63 Å². The molecule has 0 unspecified atom stereocenters. The van der Waals surface area contributed by atoms with Gasteiger partial charge in [-0.2, -0.15) is 10.6 Å². The van der Waals surface area contributed by atoms with E-state index in [2.05, 4.69) is 15.6 Å². The summed E-state index contributed by atoms with van der Waals surface area (Å²) in [7, 11) is 0. The number of nitrogens with one attached hydrogen (secondary N) is 1. The fourth-order valence-electron chi connectivity index (χ4n) is 2.84. The molecule has 0 saturated carbocycles. The molecule has 3 rings (SSSR count). The maximum atomic E-state index is 12.5. The van der Waals surface area contributed by atoms with Crippen LogP contribution in [0.3, 0.4) is 0 Å². The van der Waals surface area contributed by atoms with Gasteiger partial charge in [-0.3, -0.25) is 4.68 Å². The average Bonchev–Trinajstić information content (AvgIpc) is 2.99. The lowest BCUT2D eigenvalue weighted by Gasteiger charge is -2.07. The van der Waals surface area contributed by atoms with Crippen molar-refractivity contribution in [1.29, 1.82) is 0 Å². The predicted molar refractivity (Wildman–Crippen MR) is 108 cm³/mol. The average molecular weight is 377 g/mol. The number of aryl methyl sites for hydroxylation is 1. The minimum atomic E-state index is -0.549. The summed E-state index contributed by atoms with van der Waals surface area (Å²) >= 11 is 0. The van der Waals surface area contributed by atoms with Crippen molar-refractivity contribution in [2.24, 2.45) is 10.7 Å². The fraction of sp³-hybridized carbons (Fsp3) is 0.190. The van der Waals surface area contributed by atoms with Crippen molar-refractivity contribution in [2.75, 3.05) is 0 Å². The number of hydroxylamine groups is 1. The van der Waals surface area contributed by atoms with Gasteiger partial charge in [-0.25, -0.2) is 9.79 Å². The van der Waals surface area contributed by atoms with Crippen molar-refractivity contribution in [2.45, 2.75) is 26.9 Å². The number of guanidine groups is 1. The first-order valence-corrected chi connectivity index (χ1v) is 8.93. The number of aliphatic imine (C=N–C) groups is 1. The number of carbonyl (C=O) groups excluding carboxylic acids is 1. The van der Waals surface area contributed by atoms with Crippen LogP contribution in [-0.4, -0.2) is 21.7 Å². The zero-order chi connectivity index (χ0) is 19.9. The Labute approximate surface area is 163 Å². The van der Waals surface area contributed by atoms with Crippen LogP contribution in [0.2, 0.25) is 0 Å². The molecule has 0 fully saturated rings. The SMILES string of the molecule is Cc1nn(Cc2ccccc2)c(C)c1C(=O)ONC(N)=NCc1ccccc1. The first kappa shape index (κ1) is 19.2. The highest BCUT2D eigenvalue weighted by molar-refractivity contribution is 5.92. The van der Waals surface area contributed by atoms with E-state index >= 15 is 0 Å². The molecule has 1 aromatic heterocycles. The lowest BCUT2D eigenvalue weighted by Crippen LogP contribution is -2.34. The molecular formula is C21H23N5O2. The van der Waals surface area contributed by atoms with E-state index in [9.17, 15) is 4.79 Å². The predicted octanol–water partition coefficient (Wildman–Crippen LogP) is 2.72. The molecule has 7 nitrogen and oxygen atoms in total. The molecule has 0 aliphatic heterocycles. The topological polar surface area (TPSA) is 94.5 Å². The van der Waals surface area contributed by atoms with Gasteiger partial charge in [0, 0.05) is 0 Å². The number of hydrogen-bond donors (Lipinski definition) is 2. The second-order valence-corrected chi connectivity index (χ2v) is 6.37. The Balaban J connectivity index is 1.62. The fourth-order valence-corrected chi connectivity index (χ4v) is 2.84. The van der Waals surface area contributed by atoms with E-state index in [4.69, 9.17) is 10.6 Å². The molecule has 0 atom stereocenters. The Hall–Kier alpha value is -3.61. The second kappa shape index (κ2) is 8.85. The van der Waals surface area contributed by atoms with Crippen LogP contribution >= 0.6 is 0 Å². The van der Waals surface area contributed by atoms with Crippen molar-refractivity contribution in [3.8, 4) is 0 Å². The lowest BCUT2D eigenvalue weighted by atomic mass is 10.2. The summed E-state index contributed by atoms with van der Waals surface area (Å²) in [4.78, 5) is 21.7. The zero-order valence-corrected chi connectivity index (χ0v) is 15.9. The maximum absolute atomic E-state index is 12.5. The lowest BCUT2D eigenvalue weighted by molar-refractivity contribution is 0.0381. The van der Waals surface area contributed by atoms with Gasteiger partial charge < -0.3 is 10.6 Å².